The van der Waals surface area contributed by atoms with Gasteiger partial charge in [-0.15, -0.1) is 0 Å². The van der Waals surface area contributed by atoms with E-state index in [1.165, 1.54) is 96.0 Å². The number of hydrogen-bond acceptors (Lipinski definition) is 1. The van der Waals surface area contributed by atoms with E-state index in [9.17, 15) is 0 Å². The van der Waals surface area contributed by atoms with Crippen LogP contribution in [0.4, 0.5) is 0 Å². The normalized spacial score (nSPS) is 14.6. The van der Waals surface area contributed by atoms with Crippen molar-refractivity contribution in [3.8, 4) is 11.5 Å². The van der Waals surface area contributed by atoms with E-state index in [4.69, 9.17) is 4.74 Å². The van der Waals surface area contributed by atoms with Crippen LogP contribution in [0, 0.1) is 0 Å². The summed E-state index contributed by atoms with van der Waals surface area (Å²) in [7, 11) is 0. The summed E-state index contributed by atoms with van der Waals surface area (Å²) in [5, 5.41) is 10.9. The maximum atomic E-state index is 7.26. The molecule has 0 unspecified atom stereocenters. The summed E-state index contributed by atoms with van der Waals surface area (Å²) >= 11 is 0.348. The van der Waals surface area contributed by atoms with Crippen molar-refractivity contribution >= 4 is 147 Å². The second-order valence-electron chi connectivity index (χ2n) is 13.5. The Morgan fingerprint density at radius 1 is 0.438 bits per heavy atom. The number of rotatable bonds is 0. The molecule has 0 saturated carbocycles. The van der Waals surface area contributed by atoms with Crippen LogP contribution in [0.15, 0.2) is 115 Å². The number of nitrogens with zero attached hydrogens (tertiary/aromatic N) is 2. The topological polar surface area (TPSA) is 18.1 Å². The van der Waals surface area contributed by atoms with Gasteiger partial charge in [0.15, 0.2) is 0 Å². The first-order chi connectivity index (χ1) is 23.8. The Labute approximate surface area is 285 Å². The molecule has 0 saturated heterocycles. The van der Waals surface area contributed by atoms with Crippen LogP contribution in [0.5, 0.6) is 11.5 Å². The van der Waals surface area contributed by atoms with Crippen molar-refractivity contribution in [2.75, 3.05) is 0 Å². The minimum atomic E-state index is 0.174. The molecule has 218 valence electrons. The molecule has 0 N–H and O–H groups in total. The monoisotopic (exact) mass is 738 g/mol. The van der Waals surface area contributed by atoms with Crippen molar-refractivity contribution < 1.29 is 4.74 Å². The van der Waals surface area contributed by atoms with Gasteiger partial charge in [-0.2, -0.15) is 0 Å². The molecule has 0 aliphatic carbocycles. The van der Waals surface area contributed by atoms with E-state index in [1.54, 1.807) is 14.4 Å². The van der Waals surface area contributed by atoms with E-state index in [0.717, 1.165) is 11.5 Å². The molecular formula is C42H19BN2OSe2. The average molecular weight is 736 g/mol. The van der Waals surface area contributed by atoms with Gasteiger partial charge in [-0.1, -0.05) is 0 Å². The third-order valence-electron chi connectivity index (χ3n) is 11.5. The van der Waals surface area contributed by atoms with Crippen molar-refractivity contribution in [1.29, 1.82) is 0 Å². The summed E-state index contributed by atoms with van der Waals surface area (Å²) in [6.07, 6.45) is 0. The summed E-state index contributed by atoms with van der Waals surface area (Å²) in [6.45, 7) is 0.202. The van der Waals surface area contributed by atoms with Crippen LogP contribution in [0.2, 0.25) is 0 Å². The van der Waals surface area contributed by atoms with Crippen LogP contribution in [-0.2, 0) is 0 Å². The van der Waals surface area contributed by atoms with Gasteiger partial charge in [0.05, 0.1) is 0 Å². The molecule has 0 spiro atoms. The van der Waals surface area contributed by atoms with Gasteiger partial charge in [-0.3, -0.25) is 0 Å². The van der Waals surface area contributed by atoms with Crippen LogP contribution >= 0.6 is 0 Å². The van der Waals surface area contributed by atoms with Crippen LogP contribution in [0.25, 0.3) is 76.2 Å². The Bertz CT molecular complexity index is 3120. The van der Waals surface area contributed by atoms with E-state index in [2.05, 4.69) is 124 Å². The van der Waals surface area contributed by atoms with E-state index in [-0.39, 0.29) is 36.6 Å². The quantitative estimate of drug-likeness (QED) is 0.209. The molecule has 0 radical (unpaired) electrons. The number of ether oxygens (including phenoxy) is 1. The number of hydrogen-bond donors (Lipinski definition) is 0. The zero-order chi connectivity index (χ0) is 30.6. The first-order valence-corrected chi connectivity index (χ1v) is 19.9. The second-order valence-corrected chi connectivity index (χ2v) is 18.0. The predicted octanol–water partition coefficient (Wildman–Crippen LogP) is 4.55. The Hall–Kier alpha value is -4.96. The summed E-state index contributed by atoms with van der Waals surface area (Å²) in [5.74, 6) is 2.08. The van der Waals surface area contributed by atoms with Crippen molar-refractivity contribution in [1.82, 2.24) is 8.80 Å². The average Bonchev–Trinajstić information content (AvgIpc) is 3.85. The van der Waals surface area contributed by atoms with Crippen LogP contribution in [0.1, 0.15) is 0 Å². The van der Waals surface area contributed by atoms with Crippen LogP contribution in [-0.4, -0.2) is 45.4 Å². The summed E-state index contributed by atoms with van der Waals surface area (Å²) in [5.41, 5.74) is 12.2. The van der Waals surface area contributed by atoms with Gasteiger partial charge in [-0.25, -0.2) is 0 Å². The molecule has 7 aromatic carbocycles. The standard InChI is InChI=1S/C42H19BN2OSe2/c1-3-14-26-20(8-1)22-10-5-12-24-34-28(44(26)39(22)24)18-30-36-41(34)47-32-16-7-17-33-38(32)43(36)37-31(46-30)19-29-35(42(37)48-33)25-13-6-11-23-21-9-2-4-15-27(21)45(29)40(23)25/h1-19H. The Balaban J connectivity index is 1.19. The van der Waals surface area contributed by atoms with Gasteiger partial charge < -0.3 is 0 Å². The molecule has 3 nitrogen and oxygen atoms in total. The van der Waals surface area contributed by atoms with Crippen LogP contribution < -0.4 is 39.0 Å². The van der Waals surface area contributed by atoms with E-state index in [1.807, 2.05) is 0 Å². The Morgan fingerprint density at radius 2 is 0.896 bits per heavy atom. The molecule has 11 aromatic rings. The molecule has 7 heterocycles. The maximum absolute atomic E-state index is 7.26. The fourth-order valence-corrected chi connectivity index (χ4v) is 15.8. The van der Waals surface area contributed by atoms with E-state index in [0.29, 0.717) is 0 Å². The Morgan fingerprint density at radius 3 is 1.44 bits per heavy atom. The molecule has 14 rings (SSSR count). The van der Waals surface area contributed by atoms with Crippen molar-refractivity contribution in [2.24, 2.45) is 0 Å². The third kappa shape index (κ3) is 2.48. The first-order valence-electron chi connectivity index (χ1n) is 16.5. The van der Waals surface area contributed by atoms with E-state index < -0.39 is 0 Å². The first kappa shape index (κ1) is 24.2. The molecule has 0 atom stereocenters. The minimum absolute atomic E-state index is 0.174. The molecule has 4 aromatic heterocycles. The van der Waals surface area contributed by atoms with Crippen molar-refractivity contribution in [3.63, 3.8) is 0 Å². The van der Waals surface area contributed by atoms with Gasteiger partial charge in [0.1, 0.15) is 0 Å². The van der Waals surface area contributed by atoms with Gasteiger partial charge in [-0.05, 0) is 0 Å². The summed E-state index contributed by atoms with van der Waals surface area (Å²) < 4.78 is 18.4. The number of fused-ring (bicyclic) bond motifs is 14. The molecular weight excluding hydrogens is 717 g/mol. The number of para-hydroxylation sites is 4. The van der Waals surface area contributed by atoms with E-state index >= 15 is 0 Å². The summed E-state index contributed by atoms with van der Waals surface area (Å²) in [6, 6.07) is 43.5. The van der Waals surface area contributed by atoms with Gasteiger partial charge in [0.2, 0.25) is 0 Å². The van der Waals surface area contributed by atoms with Gasteiger partial charge in [0, 0.05) is 0 Å². The fraction of sp³-hybridized carbons (Fsp3) is 0. The van der Waals surface area contributed by atoms with Crippen LogP contribution in [0.3, 0.4) is 0 Å². The molecule has 0 bridgehead atoms. The van der Waals surface area contributed by atoms with Crippen molar-refractivity contribution in [2.45, 2.75) is 0 Å². The molecule has 0 amide bonds. The van der Waals surface area contributed by atoms with Gasteiger partial charge >= 0.3 is 287 Å². The summed E-state index contributed by atoms with van der Waals surface area (Å²) in [4.78, 5) is 0. The zero-order valence-electron chi connectivity index (χ0n) is 25.2. The van der Waals surface area contributed by atoms with Crippen molar-refractivity contribution in [3.05, 3.63) is 115 Å². The SMILES string of the molecule is c1cc2c3c(c1)[Se]c1c4c(cc5c1c1cccc6c7ccccc7n5c61)Oc1cc5c(c(c1B34)[Se]2)c1cccc2c3ccccc3n5c21. The molecule has 6 heteroatoms. The zero-order valence-corrected chi connectivity index (χ0v) is 28.6. The molecule has 0 fully saturated rings. The number of aromatic nitrogens is 2. The number of benzene rings is 7. The third-order valence-corrected chi connectivity index (χ3v) is 16.5. The predicted molar refractivity (Wildman–Crippen MR) is 203 cm³/mol. The molecule has 3 aliphatic heterocycles. The fourth-order valence-electron chi connectivity index (χ4n) is 9.77. The Kier molecular flexibility index (Phi) is 3.96. The molecule has 3 aliphatic rings. The van der Waals surface area contributed by atoms with Gasteiger partial charge in [0.25, 0.3) is 0 Å². The molecule has 48 heavy (non-hydrogen) atoms. The second kappa shape index (κ2) is 7.84.